The Kier molecular flexibility index (Phi) is 14.9. The van der Waals surface area contributed by atoms with Gasteiger partial charge in [0, 0.05) is 22.3 Å². The van der Waals surface area contributed by atoms with Crippen LogP contribution < -0.4 is 0 Å². The second-order valence-electron chi connectivity index (χ2n) is 7.54. The monoisotopic (exact) mass is 440 g/mol. The van der Waals surface area contributed by atoms with Gasteiger partial charge in [0.05, 0.1) is 34.4 Å². The van der Waals surface area contributed by atoms with Crippen molar-refractivity contribution in [3.05, 3.63) is 35.4 Å². The smallest absolute Gasteiger partial charge is 0.0748 e. The zero-order valence-corrected chi connectivity index (χ0v) is 20.0. The van der Waals surface area contributed by atoms with Crippen LogP contribution in [0.15, 0.2) is 24.3 Å². The van der Waals surface area contributed by atoms with Gasteiger partial charge in [-0.2, -0.15) is 0 Å². The number of rotatable bonds is 11. The van der Waals surface area contributed by atoms with Crippen molar-refractivity contribution in [3.8, 4) is 0 Å². The third-order valence-electron chi connectivity index (χ3n) is 3.45. The summed E-state index contributed by atoms with van der Waals surface area (Å²) in [5, 5.41) is 26.0. The van der Waals surface area contributed by atoms with Crippen LogP contribution in [-0.4, -0.2) is 41.7 Å². The maximum Gasteiger partial charge on any atom is 0.0748 e. The van der Waals surface area contributed by atoms with E-state index in [9.17, 15) is 0 Å². The second kappa shape index (κ2) is 14.6. The van der Waals surface area contributed by atoms with Gasteiger partial charge in [0.15, 0.2) is 0 Å². The molecule has 0 saturated carbocycles. The summed E-state index contributed by atoms with van der Waals surface area (Å²) in [6.07, 6.45) is 0. The Bertz CT molecular complexity index is 482. The second-order valence-corrected chi connectivity index (χ2v) is 11.6. The lowest BCUT2D eigenvalue weighted by Crippen LogP contribution is -2.21. The highest BCUT2D eigenvalue weighted by molar-refractivity contribution is 8.47. The molecule has 0 aliphatic heterocycles. The minimum Gasteiger partial charge on any atom is -0.396 e. The van der Waals surface area contributed by atoms with E-state index in [1.54, 1.807) is 36.6 Å². The topological polar surface area (TPSA) is 69.9 Å². The molecule has 0 aromatic heterocycles. The Morgan fingerprint density at radius 2 is 1.42 bits per heavy atom. The normalized spacial score (nSPS) is 12.3. The zero-order valence-electron chi connectivity index (χ0n) is 16.2. The molecule has 1 aromatic carbocycles. The molecule has 0 fully saturated rings. The first-order valence-electron chi connectivity index (χ1n) is 8.41. The van der Waals surface area contributed by atoms with E-state index >= 15 is 0 Å². The molecule has 0 heterocycles. The van der Waals surface area contributed by atoms with Crippen molar-refractivity contribution in [1.82, 2.24) is 0 Å². The Morgan fingerprint density at radius 3 is 1.85 bits per heavy atom. The lowest BCUT2D eigenvalue weighted by Gasteiger charge is -2.20. The van der Waals surface area contributed by atoms with Gasteiger partial charge < -0.3 is 19.8 Å². The van der Waals surface area contributed by atoms with Gasteiger partial charge >= 0.3 is 0 Å². The molecule has 3 N–H and O–H groups in total. The van der Waals surface area contributed by atoms with Crippen LogP contribution in [0.1, 0.15) is 38.8 Å². The molecular weight excluding hydrogens is 406 g/mol. The van der Waals surface area contributed by atoms with Crippen LogP contribution in [0.25, 0.3) is 0 Å². The van der Waals surface area contributed by atoms with Crippen molar-refractivity contribution in [3.63, 3.8) is 0 Å². The molecule has 0 spiro atoms. The van der Waals surface area contributed by atoms with Gasteiger partial charge in [0.1, 0.15) is 0 Å². The Labute approximate surface area is 170 Å². The van der Waals surface area contributed by atoms with Crippen LogP contribution >= 0.6 is 39.2 Å². The summed E-state index contributed by atoms with van der Waals surface area (Å²) < 4.78 is 5.63. The Hall–Kier alpha value is 0.620. The lowest BCUT2D eigenvalue weighted by atomic mass is 9.97. The fourth-order valence-electron chi connectivity index (χ4n) is 1.40. The summed E-state index contributed by atoms with van der Waals surface area (Å²) in [5.74, 6) is 2.02. The molecule has 0 amide bonds. The molecule has 1 aromatic rings. The fraction of sp³-hybridized carbons (Fsp3) is 0.667. The van der Waals surface area contributed by atoms with Crippen molar-refractivity contribution in [2.75, 3.05) is 26.4 Å². The van der Waals surface area contributed by atoms with E-state index in [1.165, 1.54) is 11.1 Å². The third kappa shape index (κ3) is 12.9. The summed E-state index contributed by atoms with van der Waals surface area (Å²) in [4.78, 5) is 0. The molecule has 0 aliphatic rings. The van der Waals surface area contributed by atoms with E-state index in [4.69, 9.17) is 19.8 Å². The maximum absolute atomic E-state index is 9.14. The first-order valence-corrected chi connectivity index (χ1v) is 13.5. The van der Waals surface area contributed by atoms with E-state index < -0.39 is 0 Å². The van der Waals surface area contributed by atoms with E-state index in [0.29, 0.717) is 14.6 Å². The predicted octanol–water partition coefficient (Wildman–Crippen LogP) is 4.48. The highest BCUT2D eigenvalue weighted by Gasteiger charge is 2.16. The van der Waals surface area contributed by atoms with Crippen molar-refractivity contribution < 1.29 is 19.8 Å². The quantitative estimate of drug-likeness (QED) is 0.348. The molecule has 26 heavy (non-hydrogen) atoms. The van der Waals surface area contributed by atoms with Crippen LogP contribution in [0.4, 0.5) is 0 Å². The first-order chi connectivity index (χ1) is 12.2. The number of benzene rings is 1. The van der Waals surface area contributed by atoms with Gasteiger partial charge in [-0.1, -0.05) is 60.4 Å². The number of hydrogen-bond donors (Lipinski definition) is 3. The molecular formula is C18H34O4P2S2. The predicted molar refractivity (Wildman–Crippen MR) is 122 cm³/mol. The van der Waals surface area contributed by atoms with E-state index in [1.807, 2.05) is 13.8 Å². The van der Waals surface area contributed by atoms with Crippen molar-refractivity contribution in [2.45, 2.75) is 39.2 Å². The van der Waals surface area contributed by atoms with Crippen LogP contribution in [-0.2, 0) is 16.0 Å². The molecule has 0 saturated heterocycles. The maximum atomic E-state index is 9.14. The van der Waals surface area contributed by atoms with Gasteiger partial charge in [0.25, 0.3) is 0 Å². The van der Waals surface area contributed by atoms with Gasteiger partial charge in [0.2, 0.25) is 0 Å². The lowest BCUT2D eigenvalue weighted by molar-refractivity contribution is 0.0857. The van der Waals surface area contributed by atoms with Crippen molar-refractivity contribution in [1.29, 1.82) is 0 Å². The molecule has 4 nitrogen and oxygen atoms in total. The summed E-state index contributed by atoms with van der Waals surface area (Å²) >= 11 is 3.58. The summed E-state index contributed by atoms with van der Waals surface area (Å²) in [6.45, 7) is 8.47. The zero-order chi connectivity index (χ0) is 20.1. The van der Waals surface area contributed by atoms with Crippen LogP contribution in [0.2, 0.25) is 0 Å². The molecule has 0 bridgehead atoms. The Morgan fingerprint density at radius 1 is 0.923 bits per heavy atom. The average molecular weight is 441 g/mol. The highest BCUT2D eigenvalue weighted by atomic mass is 32.7. The number of aliphatic hydroxyl groups is 3. The number of hydrogen-bond acceptors (Lipinski definition) is 6. The summed E-state index contributed by atoms with van der Waals surface area (Å²) in [7, 11) is 3.12. The van der Waals surface area contributed by atoms with Crippen molar-refractivity contribution >= 4 is 39.2 Å². The van der Waals surface area contributed by atoms with Gasteiger partial charge in [-0.25, -0.2) is 0 Å². The summed E-state index contributed by atoms with van der Waals surface area (Å²) in [6, 6.07) is 8.55. The van der Waals surface area contributed by atoms with E-state index in [0.717, 1.165) is 11.5 Å². The van der Waals surface area contributed by atoms with Gasteiger partial charge in [-0.15, -0.1) is 22.8 Å². The molecule has 2 unspecified atom stereocenters. The molecule has 2 atom stereocenters. The highest BCUT2D eigenvalue weighted by Crippen LogP contribution is 2.36. The van der Waals surface area contributed by atoms with Crippen LogP contribution in [0, 0.1) is 10.8 Å². The van der Waals surface area contributed by atoms with Gasteiger partial charge in [-0.3, -0.25) is 0 Å². The average Bonchev–Trinajstić information content (AvgIpc) is 2.63. The van der Waals surface area contributed by atoms with Crippen molar-refractivity contribution in [2.24, 2.45) is 10.8 Å². The molecule has 0 radical (unpaired) electrons. The van der Waals surface area contributed by atoms with Gasteiger partial charge in [-0.05, 0) is 11.1 Å². The van der Waals surface area contributed by atoms with E-state index in [-0.39, 0.29) is 30.7 Å². The summed E-state index contributed by atoms with van der Waals surface area (Å²) in [5.41, 5.74) is 2.34. The molecule has 0 aliphatic carbocycles. The molecule has 152 valence electrons. The number of aliphatic hydroxyl groups excluding tert-OH is 3. The SMILES string of the molecule is CC(C)(CO)CO.CC(C)(CO)COPSCc1ccccc1CSP. The third-order valence-corrected chi connectivity index (χ3v) is 6.40. The minimum atomic E-state index is -0.306. The Balaban J connectivity index is 0.000000758. The molecule has 8 heteroatoms. The van der Waals surface area contributed by atoms with Crippen LogP contribution in [0.5, 0.6) is 0 Å². The molecule has 1 rings (SSSR count). The largest absolute Gasteiger partial charge is 0.396 e. The standard InChI is InChI=1S/C13H22O2P2S2.C5H12O2/c1-13(2,9-14)10-15-17-19-8-12-6-4-3-5-11(12)7-18-16;1-5(2,3-6)4-7/h3-6,14,17H,7-10,16H2,1-2H3;6-7H,3-4H2,1-2H3. The first kappa shape index (κ1) is 26.6. The van der Waals surface area contributed by atoms with Crippen LogP contribution in [0.3, 0.4) is 0 Å². The fourth-order valence-corrected chi connectivity index (χ4v) is 4.50. The van der Waals surface area contributed by atoms with E-state index in [2.05, 4.69) is 32.7 Å². The minimum absolute atomic E-state index is 0.0451.